The van der Waals surface area contributed by atoms with Crippen LogP contribution < -0.4 is 0 Å². The van der Waals surface area contributed by atoms with Gasteiger partial charge in [-0.25, -0.2) is 0 Å². The van der Waals surface area contributed by atoms with Crippen molar-refractivity contribution < 1.29 is 48.0 Å². The maximum atomic E-state index is 10.4. The highest BCUT2D eigenvalue weighted by Crippen LogP contribution is 2.45. The van der Waals surface area contributed by atoms with Gasteiger partial charge in [-0.05, 0) is 102 Å². The molecule has 0 aliphatic heterocycles. The van der Waals surface area contributed by atoms with E-state index in [0.29, 0.717) is 4.57 Å². The van der Waals surface area contributed by atoms with Crippen LogP contribution in [0.3, 0.4) is 0 Å². The number of para-hydroxylation sites is 4. The van der Waals surface area contributed by atoms with Crippen molar-refractivity contribution >= 4 is 61.1 Å². The molecule has 10 aromatic rings. The molecule has 2 aliphatic carbocycles. The summed E-state index contributed by atoms with van der Waals surface area (Å²) in [5, 5.41) is -2.47. The van der Waals surface area contributed by atoms with Crippen molar-refractivity contribution in [1.29, 1.82) is 0 Å². The molecule has 0 N–H and O–H groups in total. The van der Waals surface area contributed by atoms with E-state index in [1.54, 1.807) is 0 Å². The van der Waals surface area contributed by atoms with E-state index in [1.165, 1.54) is 0 Å². The maximum Gasteiger partial charge on any atom is 0.0664 e. The van der Waals surface area contributed by atoms with Gasteiger partial charge in [-0.1, -0.05) is 139 Å². The van der Waals surface area contributed by atoms with Gasteiger partial charge in [-0.2, -0.15) is 0 Å². The summed E-state index contributed by atoms with van der Waals surface area (Å²) < 4.78 is 325. The van der Waals surface area contributed by atoms with Crippen molar-refractivity contribution in [1.82, 2.24) is 13.7 Å². The van der Waals surface area contributed by atoms with Gasteiger partial charge < -0.3 is 13.7 Å². The van der Waals surface area contributed by atoms with Crippen LogP contribution in [0.5, 0.6) is 0 Å². The smallest absolute Gasteiger partial charge is 0.0664 e. The zero-order valence-corrected chi connectivity index (χ0v) is 28.7. The lowest BCUT2D eigenvalue weighted by molar-refractivity contribution is 0.869. The standard InChI is InChI=1S/C54H39N3/c1-3-16-36(17-4-1)38-32-39(37-18-5-2-6-19-37)34-41(33-38)56-50-27-14-10-23-46(50)54-51(56)28-15-29-52(54)57-49-26-13-9-22-44(49)45-31-30-40(35-53(45)57)55-47-24-11-7-20-42(47)43-21-8-12-25-48(43)55/h1-14,16-27,29,32-35H,15,28,30-31H2/i1D,2D,3D,4D,5D,6D,7D,8D,9D,10D,11D,12D,13D,14D,15D,16D,17D,18D,19D,20D,21D,22D,23D,24D,25D,26D,27D,28D,29D,30D,31D,32D,33D,34D,35D. The van der Waals surface area contributed by atoms with Crippen molar-refractivity contribution in [3.05, 3.63) is 204 Å². The molecule has 0 fully saturated rings. The first-order valence-electron chi connectivity index (χ1n) is 34.9. The Morgan fingerprint density at radius 2 is 0.947 bits per heavy atom. The summed E-state index contributed by atoms with van der Waals surface area (Å²) in [6.45, 7) is 0. The third-order valence-corrected chi connectivity index (χ3v) is 9.59. The lowest BCUT2D eigenvalue weighted by Gasteiger charge is -2.23. The van der Waals surface area contributed by atoms with E-state index in [9.17, 15) is 20.6 Å². The lowest BCUT2D eigenvalue weighted by Crippen LogP contribution is -2.12. The molecule has 4 unspecified atom stereocenters. The molecule has 3 heteroatoms. The molecule has 57 heavy (non-hydrogen) atoms. The first-order valence-corrected chi connectivity index (χ1v) is 17.1. The number of allylic oxidation sites excluding steroid dienone is 2. The second-order valence-electron chi connectivity index (χ2n) is 12.6. The van der Waals surface area contributed by atoms with Gasteiger partial charge in [0.1, 0.15) is 0 Å². The highest BCUT2D eigenvalue weighted by molar-refractivity contribution is 6.11. The summed E-state index contributed by atoms with van der Waals surface area (Å²) in [5.74, 6) is 0. The Morgan fingerprint density at radius 1 is 0.439 bits per heavy atom. The minimum Gasteiger partial charge on any atom is -0.313 e. The van der Waals surface area contributed by atoms with Crippen LogP contribution in [-0.4, -0.2) is 13.7 Å². The van der Waals surface area contributed by atoms with Gasteiger partial charge in [0.05, 0.1) is 76.0 Å². The number of hydrogen-bond acceptors (Lipinski definition) is 0. The molecular weight excluding hydrogens is 691 g/mol. The SMILES string of the molecule is [2H]C1=C(n2c3c([2H])c([2H])c([2H])c([2H])c3c3c([2H])c([2H])c([2H])c([2H])c32)C([2H])C([2H])c2c1n(C1=C([2H])C([2H])C([2H])c3c1c1c([2H])c([2H])c([2H])c([2H])c1n3-c1c([2H])c(-c3c([2H])c([2H])c([2H])c([2H])c3[2H])c([2H])c(-c3c([2H])c([2H])c([2H])c([2H])c3[2H])c1[2H])c1c([2H])c([2H])c([2H])c([2H])c21. The molecule has 3 heterocycles. The lowest BCUT2D eigenvalue weighted by atomic mass is 9.96. The Hall–Kier alpha value is -7.10. The van der Waals surface area contributed by atoms with E-state index in [1.807, 2.05) is 0 Å². The third-order valence-electron chi connectivity index (χ3n) is 9.59. The summed E-state index contributed by atoms with van der Waals surface area (Å²) in [6.07, 6.45) is -9.09. The van der Waals surface area contributed by atoms with Crippen LogP contribution in [0.1, 0.15) is 83.3 Å². The molecule has 4 atom stereocenters. The van der Waals surface area contributed by atoms with Crippen LogP contribution in [0.2, 0.25) is 0 Å². The summed E-state index contributed by atoms with van der Waals surface area (Å²) in [7, 11) is 0. The summed E-state index contributed by atoms with van der Waals surface area (Å²) in [5.41, 5.74) is -12.5. The predicted octanol–water partition coefficient (Wildman–Crippen LogP) is 13.8. The van der Waals surface area contributed by atoms with Crippen molar-refractivity contribution in [3.8, 4) is 27.9 Å². The summed E-state index contributed by atoms with van der Waals surface area (Å²) in [6, 6.07) is -31.4. The van der Waals surface area contributed by atoms with Crippen molar-refractivity contribution in [2.75, 3.05) is 0 Å². The van der Waals surface area contributed by atoms with Gasteiger partial charge in [0.2, 0.25) is 0 Å². The molecule has 0 spiro atoms. The van der Waals surface area contributed by atoms with Gasteiger partial charge in [0.15, 0.2) is 0 Å². The summed E-state index contributed by atoms with van der Waals surface area (Å²) in [4.78, 5) is 0. The topological polar surface area (TPSA) is 14.8 Å². The normalized spacial score (nSPS) is 28.0. The molecule has 270 valence electrons. The molecule has 0 saturated carbocycles. The van der Waals surface area contributed by atoms with E-state index in [0.717, 1.165) is 9.13 Å². The predicted molar refractivity (Wildman–Crippen MR) is 240 cm³/mol. The largest absolute Gasteiger partial charge is 0.313 e. The first kappa shape index (κ1) is 13.0. The highest BCUT2D eigenvalue weighted by Gasteiger charge is 2.30. The average Bonchev–Trinajstić information content (AvgIpc) is 1.52. The van der Waals surface area contributed by atoms with Gasteiger partial charge >= 0.3 is 0 Å². The van der Waals surface area contributed by atoms with Crippen LogP contribution in [0, 0.1) is 0 Å². The van der Waals surface area contributed by atoms with Crippen molar-refractivity contribution in [2.24, 2.45) is 0 Å². The van der Waals surface area contributed by atoms with Crippen molar-refractivity contribution in [2.45, 2.75) is 25.6 Å². The van der Waals surface area contributed by atoms with Gasteiger partial charge in [0, 0.05) is 49.7 Å². The van der Waals surface area contributed by atoms with Gasteiger partial charge in [-0.3, -0.25) is 0 Å². The van der Waals surface area contributed by atoms with Crippen molar-refractivity contribution in [3.63, 3.8) is 0 Å². The van der Waals surface area contributed by atoms with E-state index in [-0.39, 0.29) is 0 Å². The fourth-order valence-corrected chi connectivity index (χ4v) is 7.31. The molecule has 2 aliphatic rings. The molecule has 3 nitrogen and oxygen atoms in total. The third kappa shape index (κ3) is 4.92. The van der Waals surface area contributed by atoms with Crippen LogP contribution in [0.25, 0.3) is 89.0 Å². The Balaban J connectivity index is 1.34. The zero-order valence-electron chi connectivity index (χ0n) is 63.7. The minimum absolute atomic E-state index is 0.531. The molecule has 7 aromatic carbocycles. The van der Waals surface area contributed by atoms with Gasteiger partial charge in [-0.15, -0.1) is 0 Å². The van der Waals surface area contributed by atoms with Crippen LogP contribution in [-0.2, 0) is 12.8 Å². The Labute approximate surface area is 380 Å². The molecular formula is C54H39N3. The van der Waals surface area contributed by atoms with E-state index >= 15 is 0 Å². The molecule has 0 amide bonds. The van der Waals surface area contributed by atoms with Crippen LogP contribution in [0.4, 0.5) is 0 Å². The quantitative estimate of drug-likeness (QED) is 0.166. The molecule has 12 rings (SSSR count). The van der Waals surface area contributed by atoms with Crippen LogP contribution >= 0.6 is 0 Å². The Morgan fingerprint density at radius 3 is 1.56 bits per heavy atom. The molecule has 0 saturated heterocycles. The maximum absolute atomic E-state index is 10.4. The summed E-state index contributed by atoms with van der Waals surface area (Å²) >= 11 is 0. The Bertz CT molecular complexity index is 5030. The second kappa shape index (κ2) is 12.7. The number of benzene rings is 7. The monoisotopic (exact) mass is 765 g/mol. The fourth-order valence-electron chi connectivity index (χ4n) is 7.31. The van der Waals surface area contributed by atoms with Gasteiger partial charge in [0.25, 0.3) is 0 Å². The second-order valence-corrected chi connectivity index (χ2v) is 12.6. The number of aryl methyl sites for hydroxylation is 1. The number of fused-ring (bicyclic) bond motifs is 9. The molecule has 0 bridgehead atoms. The zero-order chi connectivity index (χ0) is 67.9. The number of hydrogen-bond donors (Lipinski definition) is 0. The van der Waals surface area contributed by atoms with E-state index < -0.39 is 318 Å². The number of rotatable bonds is 5. The van der Waals surface area contributed by atoms with E-state index in [4.69, 9.17) is 27.4 Å². The number of aromatic nitrogens is 3. The highest BCUT2D eigenvalue weighted by atomic mass is 15.1. The fraction of sp³-hybridized carbons (Fsp3) is 0.0741. The minimum atomic E-state index is -2.35. The number of nitrogens with zero attached hydrogens (tertiary/aromatic N) is 3. The average molecular weight is 765 g/mol. The molecule has 0 radical (unpaired) electrons. The molecule has 3 aromatic heterocycles. The Kier molecular flexibility index (Phi) is 2.90. The van der Waals surface area contributed by atoms with E-state index in [2.05, 4.69) is 0 Å². The first-order chi connectivity index (χ1) is 42.9. The van der Waals surface area contributed by atoms with Crippen LogP contribution in [0.15, 0.2) is 181 Å².